The van der Waals surface area contributed by atoms with E-state index in [4.69, 9.17) is 0 Å². The second kappa shape index (κ2) is 5.12. The van der Waals surface area contributed by atoms with E-state index >= 15 is 0 Å². The summed E-state index contributed by atoms with van der Waals surface area (Å²) in [6.07, 6.45) is 6.52. The maximum atomic E-state index is 11.4. The van der Waals surface area contributed by atoms with E-state index in [-0.39, 0.29) is 0 Å². The van der Waals surface area contributed by atoms with Crippen LogP contribution in [0.25, 0.3) is 5.70 Å². The number of rotatable bonds is 3. The van der Waals surface area contributed by atoms with Crippen molar-refractivity contribution < 1.29 is 9.53 Å². The molecule has 0 saturated heterocycles. The van der Waals surface area contributed by atoms with E-state index in [0.29, 0.717) is 0 Å². The first kappa shape index (κ1) is 11.1. The smallest absolute Gasteiger partial charge is 0.332 e. The molecule has 0 saturated carbocycles. The second-order valence-electron chi connectivity index (χ2n) is 3.39. The summed E-state index contributed by atoms with van der Waals surface area (Å²) in [5, 5.41) is 0. The number of esters is 1. The topological polar surface area (TPSA) is 44.1 Å². The summed E-state index contributed by atoms with van der Waals surface area (Å²) >= 11 is 0. The third-order valence-corrected chi connectivity index (χ3v) is 2.31. The summed E-state index contributed by atoms with van der Waals surface area (Å²) in [6, 6.07) is 9.60. The number of methoxy groups -OCH3 is 1. The Hall–Kier alpha value is -2.36. The predicted octanol–water partition coefficient (Wildman–Crippen LogP) is 1.95. The zero-order valence-electron chi connectivity index (χ0n) is 9.41. The van der Waals surface area contributed by atoms with E-state index < -0.39 is 5.97 Å². The number of imidazole rings is 1. The largest absolute Gasteiger partial charge is 0.466 e. The van der Waals surface area contributed by atoms with Crippen LogP contribution in [0.1, 0.15) is 5.56 Å². The number of nitrogens with zero attached hydrogens (tertiary/aromatic N) is 2. The second-order valence-corrected chi connectivity index (χ2v) is 3.39. The molecule has 1 aromatic carbocycles. The Morgan fingerprint density at radius 1 is 1.35 bits per heavy atom. The zero-order chi connectivity index (χ0) is 12.1. The van der Waals surface area contributed by atoms with Gasteiger partial charge in [0, 0.05) is 18.5 Å². The summed E-state index contributed by atoms with van der Waals surface area (Å²) in [5.74, 6) is -0.391. The van der Waals surface area contributed by atoms with E-state index in [1.165, 1.54) is 13.2 Å². The monoisotopic (exact) mass is 228 g/mol. The number of carbonyl (C=O) groups is 1. The van der Waals surface area contributed by atoms with Crippen LogP contribution in [0.2, 0.25) is 0 Å². The maximum absolute atomic E-state index is 11.4. The lowest BCUT2D eigenvalue weighted by Gasteiger charge is -2.08. The maximum Gasteiger partial charge on any atom is 0.332 e. The Kier molecular flexibility index (Phi) is 3.35. The van der Waals surface area contributed by atoms with E-state index in [0.717, 1.165) is 11.3 Å². The molecule has 0 aliphatic carbocycles. The molecule has 86 valence electrons. The Morgan fingerprint density at radius 2 is 2.12 bits per heavy atom. The fourth-order valence-corrected chi connectivity index (χ4v) is 1.49. The number of hydrogen-bond acceptors (Lipinski definition) is 3. The molecule has 4 heteroatoms. The van der Waals surface area contributed by atoms with Crippen LogP contribution in [0, 0.1) is 0 Å². The lowest BCUT2D eigenvalue weighted by Crippen LogP contribution is -2.02. The normalized spacial score (nSPS) is 11.2. The van der Waals surface area contributed by atoms with Crippen LogP contribution in [0.15, 0.2) is 55.1 Å². The average Bonchev–Trinajstić information content (AvgIpc) is 2.90. The summed E-state index contributed by atoms with van der Waals surface area (Å²) in [4.78, 5) is 15.3. The average molecular weight is 228 g/mol. The number of aromatic nitrogens is 2. The van der Waals surface area contributed by atoms with Gasteiger partial charge in [-0.1, -0.05) is 30.3 Å². The Bertz CT molecular complexity index is 516. The summed E-state index contributed by atoms with van der Waals surface area (Å²) in [6.45, 7) is 0. The van der Waals surface area contributed by atoms with Crippen LogP contribution in [0.4, 0.5) is 0 Å². The van der Waals surface area contributed by atoms with Gasteiger partial charge in [0.1, 0.15) is 0 Å². The van der Waals surface area contributed by atoms with Gasteiger partial charge >= 0.3 is 5.97 Å². The first-order valence-corrected chi connectivity index (χ1v) is 5.14. The summed E-state index contributed by atoms with van der Waals surface area (Å²) in [5.41, 5.74) is 1.66. The molecular formula is C13H12N2O2. The molecule has 1 heterocycles. The molecule has 0 N–H and O–H groups in total. The minimum atomic E-state index is -0.391. The predicted molar refractivity (Wildman–Crippen MR) is 64.1 cm³/mol. The Balaban J connectivity index is 2.46. The number of carbonyl (C=O) groups excluding carboxylic acids is 1. The molecule has 0 radical (unpaired) electrons. The summed E-state index contributed by atoms with van der Waals surface area (Å²) < 4.78 is 6.42. The number of benzene rings is 1. The molecule has 0 unspecified atom stereocenters. The number of hydrogen-bond donors (Lipinski definition) is 0. The van der Waals surface area contributed by atoms with Gasteiger partial charge in [0.05, 0.1) is 19.1 Å². The highest BCUT2D eigenvalue weighted by Crippen LogP contribution is 2.16. The quantitative estimate of drug-likeness (QED) is 0.595. The van der Waals surface area contributed by atoms with Crippen molar-refractivity contribution in [2.45, 2.75) is 0 Å². The van der Waals surface area contributed by atoms with Crippen molar-refractivity contribution in [1.82, 2.24) is 9.55 Å². The fraction of sp³-hybridized carbons (Fsp3) is 0.0769. The first-order chi connectivity index (χ1) is 8.31. The molecule has 4 nitrogen and oxygen atoms in total. The Labute approximate surface area is 99.2 Å². The van der Waals surface area contributed by atoms with Crippen molar-refractivity contribution in [3.63, 3.8) is 0 Å². The zero-order valence-corrected chi connectivity index (χ0v) is 9.41. The van der Waals surface area contributed by atoms with Crippen molar-refractivity contribution in [3.05, 3.63) is 60.7 Å². The van der Waals surface area contributed by atoms with Crippen molar-refractivity contribution >= 4 is 11.7 Å². The highest BCUT2D eigenvalue weighted by atomic mass is 16.5. The third kappa shape index (κ3) is 2.60. The lowest BCUT2D eigenvalue weighted by molar-refractivity contribution is -0.134. The SMILES string of the molecule is COC(=O)/C=C(\c1ccccc1)n1ccnc1. The standard InChI is InChI=1S/C13H12N2O2/c1-17-13(16)9-12(15-8-7-14-10-15)11-5-3-2-4-6-11/h2-10H,1H3/b12-9+. The van der Waals surface area contributed by atoms with Crippen molar-refractivity contribution in [2.24, 2.45) is 0 Å². The molecule has 17 heavy (non-hydrogen) atoms. The highest BCUT2D eigenvalue weighted by Gasteiger charge is 2.06. The molecule has 0 fully saturated rings. The van der Waals surface area contributed by atoms with Crippen LogP contribution < -0.4 is 0 Å². The molecule has 2 aromatic rings. The third-order valence-electron chi connectivity index (χ3n) is 2.31. The Morgan fingerprint density at radius 3 is 2.71 bits per heavy atom. The van der Waals surface area contributed by atoms with Gasteiger partial charge in [-0.25, -0.2) is 9.78 Å². The van der Waals surface area contributed by atoms with Crippen LogP contribution in [-0.4, -0.2) is 22.6 Å². The molecule has 0 atom stereocenters. The first-order valence-electron chi connectivity index (χ1n) is 5.14. The molecule has 2 rings (SSSR count). The van der Waals surface area contributed by atoms with Crippen molar-refractivity contribution in [3.8, 4) is 0 Å². The van der Waals surface area contributed by atoms with Crippen molar-refractivity contribution in [1.29, 1.82) is 0 Å². The molecular weight excluding hydrogens is 216 g/mol. The van der Waals surface area contributed by atoms with Crippen molar-refractivity contribution in [2.75, 3.05) is 7.11 Å². The summed E-state index contributed by atoms with van der Waals surface area (Å²) in [7, 11) is 1.36. The highest BCUT2D eigenvalue weighted by molar-refractivity contribution is 5.91. The van der Waals surface area contributed by atoms with E-state index in [2.05, 4.69) is 9.72 Å². The molecule has 1 aromatic heterocycles. The van der Waals surface area contributed by atoms with Gasteiger partial charge in [0.25, 0.3) is 0 Å². The number of ether oxygens (including phenoxy) is 1. The fourth-order valence-electron chi connectivity index (χ4n) is 1.49. The van der Waals surface area contributed by atoms with Gasteiger partial charge in [-0.2, -0.15) is 0 Å². The van der Waals surface area contributed by atoms with Gasteiger partial charge in [-0.3, -0.25) is 0 Å². The van der Waals surface area contributed by atoms with Crippen LogP contribution in [-0.2, 0) is 9.53 Å². The van der Waals surface area contributed by atoms with Gasteiger partial charge in [-0.15, -0.1) is 0 Å². The van der Waals surface area contributed by atoms with Gasteiger partial charge in [0.15, 0.2) is 0 Å². The van der Waals surface area contributed by atoms with E-state index in [1.807, 2.05) is 30.3 Å². The van der Waals surface area contributed by atoms with Gasteiger partial charge in [0.2, 0.25) is 0 Å². The molecule has 0 aliphatic heterocycles. The molecule has 0 spiro atoms. The lowest BCUT2D eigenvalue weighted by atomic mass is 10.1. The van der Waals surface area contributed by atoms with E-state index in [9.17, 15) is 4.79 Å². The minimum absolute atomic E-state index is 0.391. The van der Waals surface area contributed by atoms with Crippen LogP contribution in [0.5, 0.6) is 0 Å². The van der Waals surface area contributed by atoms with Crippen LogP contribution in [0.3, 0.4) is 0 Å². The minimum Gasteiger partial charge on any atom is -0.466 e. The van der Waals surface area contributed by atoms with Crippen LogP contribution >= 0.6 is 0 Å². The van der Waals surface area contributed by atoms with E-state index in [1.54, 1.807) is 23.3 Å². The van der Waals surface area contributed by atoms with Gasteiger partial charge in [-0.05, 0) is 5.56 Å². The molecule has 0 bridgehead atoms. The molecule has 0 aliphatic rings. The van der Waals surface area contributed by atoms with Gasteiger partial charge < -0.3 is 9.30 Å². The molecule has 0 amide bonds.